The van der Waals surface area contributed by atoms with Gasteiger partial charge >= 0.3 is 0 Å². The van der Waals surface area contributed by atoms with E-state index in [-0.39, 0.29) is 5.91 Å². The molecule has 0 aromatic carbocycles. The first-order valence-electron chi connectivity index (χ1n) is 7.87. The fraction of sp³-hybridized carbons (Fsp3) is 0.933. The van der Waals surface area contributed by atoms with E-state index in [1.165, 1.54) is 38.6 Å². The Hall–Kier alpha value is -0.610. The second-order valence-electron chi connectivity index (χ2n) is 6.27. The highest BCUT2D eigenvalue weighted by atomic mass is 16.1. The average Bonchev–Trinajstić information content (AvgIpc) is 2.85. The van der Waals surface area contributed by atoms with Crippen LogP contribution in [0.3, 0.4) is 0 Å². The van der Waals surface area contributed by atoms with Crippen LogP contribution in [-0.2, 0) is 4.79 Å². The molecule has 110 valence electrons. The summed E-state index contributed by atoms with van der Waals surface area (Å²) >= 11 is 0. The Kier molecular flexibility index (Phi) is 4.85. The van der Waals surface area contributed by atoms with Gasteiger partial charge in [-0.25, -0.2) is 0 Å². The number of hydrogen-bond donors (Lipinski definition) is 2. The van der Waals surface area contributed by atoms with Crippen LogP contribution in [0.15, 0.2) is 0 Å². The molecule has 0 bridgehead atoms. The topological polar surface area (TPSA) is 58.4 Å². The Bertz CT molecular complexity index is 319. The fourth-order valence-corrected chi connectivity index (χ4v) is 4.02. The van der Waals surface area contributed by atoms with Gasteiger partial charge in [-0.3, -0.25) is 9.69 Å². The number of likely N-dealkylation sites (tertiary alicyclic amines) is 1. The predicted molar refractivity (Wildman–Crippen MR) is 77.9 cm³/mol. The first-order valence-corrected chi connectivity index (χ1v) is 7.87. The van der Waals surface area contributed by atoms with Gasteiger partial charge in [-0.2, -0.15) is 0 Å². The van der Waals surface area contributed by atoms with Gasteiger partial charge in [-0.15, -0.1) is 0 Å². The number of nitrogens with two attached hydrogens (primary N) is 1. The molecular weight excluding hydrogens is 238 g/mol. The minimum atomic E-state index is -0.459. The molecule has 3 unspecified atom stereocenters. The minimum Gasteiger partial charge on any atom is -0.368 e. The first kappa shape index (κ1) is 14.8. The largest absolute Gasteiger partial charge is 0.368 e. The molecule has 4 nitrogen and oxygen atoms in total. The van der Waals surface area contributed by atoms with Crippen LogP contribution >= 0.6 is 0 Å². The van der Waals surface area contributed by atoms with E-state index in [2.05, 4.69) is 17.1 Å². The predicted octanol–water partition coefficient (Wildman–Crippen LogP) is 1.64. The van der Waals surface area contributed by atoms with Gasteiger partial charge in [0.2, 0.25) is 5.91 Å². The molecule has 0 radical (unpaired) electrons. The van der Waals surface area contributed by atoms with Crippen molar-refractivity contribution < 1.29 is 4.79 Å². The molecule has 2 aliphatic rings. The van der Waals surface area contributed by atoms with Gasteiger partial charge in [0.25, 0.3) is 0 Å². The van der Waals surface area contributed by atoms with Gasteiger partial charge in [-0.1, -0.05) is 19.8 Å². The second kappa shape index (κ2) is 6.23. The normalized spacial score (nSPS) is 36.5. The number of likely N-dealkylation sites (N-methyl/N-ethyl adjacent to an activating group) is 1. The summed E-state index contributed by atoms with van der Waals surface area (Å²) in [6, 6.07) is 1.26. The van der Waals surface area contributed by atoms with Gasteiger partial charge < -0.3 is 11.1 Å². The van der Waals surface area contributed by atoms with E-state index in [1.54, 1.807) is 0 Å². The van der Waals surface area contributed by atoms with E-state index in [1.807, 2.05) is 7.05 Å². The molecule has 0 aromatic rings. The molecule has 4 heteroatoms. The third-order valence-corrected chi connectivity index (χ3v) is 5.20. The number of hydrogen-bond acceptors (Lipinski definition) is 3. The lowest BCUT2D eigenvalue weighted by Crippen LogP contribution is -2.54. The van der Waals surface area contributed by atoms with Crippen LogP contribution < -0.4 is 11.1 Å². The van der Waals surface area contributed by atoms with E-state index >= 15 is 0 Å². The highest BCUT2D eigenvalue weighted by Gasteiger charge is 2.45. The number of carbonyl (C=O) groups excluding carboxylic acids is 1. The Labute approximate surface area is 117 Å². The van der Waals surface area contributed by atoms with Gasteiger partial charge in [0, 0.05) is 12.1 Å². The molecule has 1 amide bonds. The third kappa shape index (κ3) is 2.95. The highest BCUT2D eigenvalue weighted by molar-refractivity contribution is 5.85. The molecule has 19 heavy (non-hydrogen) atoms. The lowest BCUT2D eigenvalue weighted by atomic mass is 9.93. The van der Waals surface area contributed by atoms with Gasteiger partial charge in [-0.05, 0) is 52.1 Å². The fourth-order valence-electron chi connectivity index (χ4n) is 4.02. The van der Waals surface area contributed by atoms with Crippen molar-refractivity contribution in [1.82, 2.24) is 10.2 Å². The minimum absolute atomic E-state index is 0.179. The van der Waals surface area contributed by atoms with Crippen LogP contribution in [0.2, 0.25) is 0 Å². The zero-order chi connectivity index (χ0) is 13.9. The SMILES string of the molecule is CCCC1CCCCN1C1CCC(NC)(C(N)=O)C1. The van der Waals surface area contributed by atoms with E-state index in [0.29, 0.717) is 6.04 Å². The quantitative estimate of drug-likeness (QED) is 0.796. The van der Waals surface area contributed by atoms with Crippen molar-refractivity contribution >= 4 is 5.91 Å². The molecule has 2 fully saturated rings. The Balaban J connectivity index is 2.03. The standard InChI is InChI=1S/C15H29N3O/c1-3-6-12-7-4-5-10-18(12)13-8-9-15(11-13,17-2)14(16)19/h12-13,17H,3-11H2,1-2H3,(H2,16,19). The molecule has 3 atom stereocenters. The number of amides is 1. The summed E-state index contributed by atoms with van der Waals surface area (Å²) in [5, 5.41) is 3.19. The molecule has 0 aromatic heterocycles. The summed E-state index contributed by atoms with van der Waals surface area (Å²) in [5.74, 6) is -0.179. The monoisotopic (exact) mass is 267 g/mol. The number of piperidine rings is 1. The molecule has 1 heterocycles. The number of nitrogens with one attached hydrogen (secondary N) is 1. The summed E-state index contributed by atoms with van der Waals surface area (Å²) < 4.78 is 0. The van der Waals surface area contributed by atoms with Gasteiger partial charge in [0.15, 0.2) is 0 Å². The molecule has 0 spiro atoms. The Morgan fingerprint density at radius 1 is 1.42 bits per heavy atom. The van der Waals surface area contributed by atoms with E-state index in [9.17, 15) is 4.79 Å². The number of nitrogens with zero attached hydrogens (tertiary/aromatic N) is 1. The summed E-state index contributed by atoms with van der Waals surface area (Å²) in [7, 11) is 1.87. The van der Waals surface area contributed by atoms with Crippen LogP contribution in [0, 0.1) is 0 Å². The van der Waals surface area contributed by atoms with Gasteiger partial charge in [0.1, 0.15) is 0 Å². The maximum Gasteiger partial charge on any atom is 0.237 e. The van der Waals surface area contributed by atoms with Crippen LogP contribution in [0.4, 0.5) is 0 Å². The third-order valence-electron chi connectivity index (χ3n) is 5.20. The van der Waals surface area contributed by atoms with Crippen molar-refractivity contribution in [3.8, 4) is 0 Å². The van der Waals surface area contributed by atoms with Crippen molar-refractivity contribution in [2.24, 2.45) is 5.73 Å². The lowest BCUT2D eigenvalue weighted by molar-refractivity contribution is -0.124. The molecule has 1 saturated heterocycles. The summed E-state index contributed by atoms with van der Waals surface area (Å²) in [6.45, 7) is 3.47. The van der Waals surface area contributed by atoms with Crippen molar-refractivity contribution in [2.75, 3.05) is 13.6 Å². The van der Waals surface area contributed by atoms with Crippen molar-refractivity contribution in [2.45, 2.75) is 75.9 Å². The second-order valence-corrected chi connectivity index (χ2v) is 6.27. The van der Waals surface area contributed by atoms with Gasteiger partial charge in [0.05, 0.1) is 5.54 Å². The Morgan fingerprint density at radius 3 is 2.79 bits per heavy atom. The lowest BCUT2D eigenvalue weighted by Gasteiger charge is -2.40. The number of rotatable bonds is 5. The first-order chi connectivity index (χ1) is 9.13. The van der Waals surface area contributed by atoms with Crippen LogP contribution in [-0.4, -0.2) is 42.0 Å². The maximum absolute atomic E-state index is 11.7. The zero-order valence-electron chi connectivity index (χ0n) is 12.5. The summed E-state index contributed by atoms with van der Waals surface area (Å²) in [5.41, 5.74) is 5.15. The van der Waals surface area contributed by atoms with Crippen molar-refractivity contribution in [3.05, 3.63) is 0 Å². The molecule has 1 aliphatic carbocycles. The molecule has 3 N–H and O–H groups in total. The van der Waals surface area contributed by atoms with Crippen molar-refractivity contribution in [3.63, 3.8) is 0 Å². The van der Waals surface area contributed by atoms with Crippen molar-refractivity contribution in [1.29, 1.82) is 0 Å². The maximum atomic E-state index is 11.7. The average molecular weight is 267 g/mol. The van der Waals surface area contributed by atoms with Crippen LogP contribution in [0.5, 0.6) is 0 Å². The van der Waals surface area contributed by atoms with E-state index in [4.69, 9.17) is 5.73 Å². The van der Waals surface area contributed by atoms with Crippen LogP contribution in [0.1, 0.15) is 58.3 Å². The Morgan fingerprint density at radius 2 is 2.21 bits per heavy atom. The molecular formula is C15H29N3O. The summed E-state index contributed by atoms with van der Waals surface area (Å²) in [6.07, 6.45) is 9.41. The number of primary amides is 1. The number of carbonyl (C=O) groups is 1. The van der Waals surface area contributed by atoms with E-state index < -0.39 is 5.54 Å². The smallest absolute Gasteiger partial charge is 0.237 e. The highest BCUT2D eigenvalue weighted by Crippen LogP contribution is 2.36. The zero-order valence-corrected chi connectivity index (χ0v) is 12.5. The van der Waals surface area contributed by atoms with Crippen LogP contribution in [0.25, 0.3) is 0 Å². The van der Waals surface area contributed by atoms with E-state index in [0.717, 1.165) is 25.3 Å². The summed E-state index contributed by atoms with van der Waals surface area (Å²) in [4.78, 5) is 14.4. The molecule has 1 aliphatic heterocycles. The molecule has 2 rings (SSSR count). The molecule has 1 saturated carbocycles.